The van der Waals surface area contributed by atoms with Gasteiger partial charge in [0.05, 0.1) is 18.8 Å². The number of hydrogen-bond acceptors (Lipinski definition) is 8. The van der Waals surface area contributed by atoms with Gasteiger partial charge in [0.15, 0.2) is 11.5 Å². The van der Waals surface area contributed by atoms with E-state index in [1.807, 2.05) is 0 Å². The third kappa shape index (κ3) is 5.28. The van der Waals surface area contributed by atoms with Crippen LogP contribution in [0.4, 0.5) is 4.79 Å². The minimum Gasteiger partial charge on any atom is -0.476 e. The smallest absolute Gasteiger partial charge is 0.407 e. The highest BCUT2D eigenvalue weighted by molar-refractivity contribution is 5.86. The summed E-state index contributed by atoms with van der Waals surface area (Å²) in [5, 5.41) is 23.1. The fourth-order valence-corrected chi connectivity index (χ4v) is 2.06. The van der Waals surface area contributed by atoms with Crippen molar-refractivity contribution < 1.29 is 28.7 Å². The van der Waals surface area contributed by atoms with E-state index in [-0.39, 0.29) is 31.1 Å². The van der Waals surface area contributed by atoms with Crippen molar-refractivity contribution in [2.75, 3.05) is 7.11 Å². The Kier molecular flexibility index (Phi) is 5.93. The van der Waals surface area contributed by atoms with Crippen molar-refractivity contribution in [2.24, 2.45) is 0 Å². The van der Waals surface area contributed by atoms with Crippen molar-refractivity contribution in [1.29, 1.82) is 0 Å². The van der Waals surface area contributed by atoms with Crippen LogP contribution in [-0.4, -0.2) is 50.0 Å². The fraction of sp³-hybridized carbons (Fsp3) is 0.533. The molecule has 0 spiro atoms. The molecule has 0 saturated carbocycles. The second-order valence-electron chi connectivity index (χ2n) is 6.42. The number of carboxylic acids is 1. The molecule has 0 atom stereocenters. The number of aromatic carboxylic acids is 1. The highest BCUT2D eigenvalue weighted by Gasteiger charge is 2.22. The quantitative estimate of drug-likeness (QED) is 0.737. The molecule has 0 aliphatic carbocycles. The predicted octanol–water partition coefficient (Wildman–Crippen LogP) is 1.18. The third-order valence-corrected chi connectivity index (χ3v) is 3.05. The van der Waals surface area contributed by atoms with Crippen molar-refractivity contribution in [2.45, 2.75) is 46.1 Å². The van der Waals surface area contributed by atoms with Crippen molar-refractivity contribution in [1.82, 2.24) is 25.5 Å². The Labute approximate surface area is 149 Å². The molecule has 0 unspecified atom stereocenters. The molecule has 0 bridgehead atoms. The number of carbonyl (C=O) groups excluding carboxylic acids is 1. The Morgan fingerprint density at radius 3 is 2.73 bits per heavy atom. The highest BCUT2D eigenvalue weighted by Crippen LogP contribution is 2.12. The molecule has 2 N–H and O–H groups in total. The van der Waals surface area contributed by atoms with Crippen molar-refractivity contribution in [3.8, 4) is 0 Å². The molecular weight excluding hydrogens is 346 g/mol. The molecule has 0 aliphatic heterocycles. The summed E-state index contributed by atoms with van der Waals surface area (Å²) >= 11 is 0. The number of hydrogen-bond donors (Lipinski definition) is 2. The van der Waals surface area contributed by atoms with Gasteiger partial charge in [0, 0.05) is 13.2 Å². The Balaban J connectivity index is 2.14. The lowest BCUT2D eigenvalue weighted by Crippen LogP contribution is -2.33. The molecule has 2 aromatic heterocycles. The zero-order valence-corrected chi connectivity index (χ0v) is 15.0. The van der Waals surface area contributed by atoms with Gasteiger partial charge in [0.2, 0.25) is 0 Å². The second-order valence-corrected chi connectivity index (χ2v) is 6.42. The van der Waals surface area contributed by atoms with E-state index in [9.17, 15) is 14.7 Å². The van der Waals surface area contributed by atoms with Gasteiger partial charge in [-0.05, 0) is 20.8 Å². The highest BCUT2D eigenvalue weighted by atomic mass is 16.6. The summed E-state index contributed by atoms with van der Waals surface area (Å²) in [6.07, 6.45) is -0.676. The average Bonchev–Trinajstić information content (AvgIpc) is 3.11. The van der Waals surface area contributed by atoms with E-state index in [4.69, 9.17) is 14.0 Å². The van der Waals surface area contributed by atoms with E-state index in [1.165, 1.54) is 11.8 Å². The van der Waals surface area contributed by atoms with Crippen LogP contribution >= 0.6 is 0 Å². The van der Waals surface area contributed by atoms with Gasteiger partial charge in [-0.25, -0.2) is 14.3 Å². The lowest BCUT2D eigenvalue weighted by atomic mass is 10.2. The Hall–Kier alpha value is -2.95. The van der Waals surface area contributed by atoms with Gasteiger partial charge < -0.3 is 24.4 Å². The normalized spacial score (nSPS) is 11.4. The van der Waals surface area contributed by atoms with Crippen LogP contribution in [0.2, 0.25) is 0 Å². The van der Waals surface area contributed by atoms with E-state index in [2.05, 4.69) is 20.8 Å². The van der Waals surface area contributed by atoms with E-state index in [1.54, 1.807) is 26.8 Å². The molecular formula is C15H21N5O6. The van der Waals surface area contributed by atoms with Crippen molar-refractivity contribution in [3.05, 3.63) is 28.9 Å². The number of rotatable bonds is 7. The van der Waals surface area contributed by atoms with E-state index in [0.29, 0.717) is 11.5 Å². The lowest BCUT2D eigenvalue weighted by molar-refractivity contribution is 0.0519. The maximum atomic E-state index is 11.8. The van der Waals surface area contributed by atoms with Crippen LogP contribution in [0.1, 0.15) is 48.4 Å². The summed E-state index contributed by atoms with van der Waals surface area (Å²) in [6, 6.07) is 1.66. The first-order valence-electron chi connectivity index (χ1n) is 7.75. The third-order valence-electron chi connectivity index (χ3n) is 3.05. The molecule has 2 heterocycles. The maximum Gasteiger partial charge on any atom is 0.407 e. The van der Waals surface area contributed by atoms with Crippen LogP contribution in [0.25, 0.3) is 0 Å². The van der Waals surface area contributed by atoms with Gasteiger partial charge in [0.25, 0.3) is 0 Å². The minimum atomic E-state index is -1.25. The molecule has 2 aromatic rings. The predicted molar refractivity (Wildman–Crippen MR) is 86.4 cm³/mol. The van der Waals surface area contributed by atoms with Gasteiger partial charge in [-0.3, -0.25) is 0 Å². The van der Waals surface area contributed by atoms with Gasteiger partial charge in [0.1, 0.15) is 17.9 Å². The first kappa shape index (κ1) is 19.4. The Morgan fingerprint density at radius 1 is 1.38 bits per heavy atom. The molecule has 0 saturated heterocycles. The number of carboxylic acid groups (broad SMARTS) is 1. The van der Waals surface area contributed by atoms with E-state index < -0.39 is 17.7 Å². The molecule has 26 heavy (non-hydrogen) atoms. The van der Waals surface area contributed by atoms with Crippen molar-refractivity contribution in [3.63, 3.8) is 0 Å². The topological polar surface area (TPSA) is 142 Å². The van der Waals surface area contributed by atoms with Crippen molar-refractivity contribution >= 4 is 12.1 Å². The van der Waals surface area contributed by atoms with E-state index in [0.717, 1.165) is 0 Å². The second kappa shape index (κ2) is 7.95. The summed E-state index contributed by atoms with van der Waals surface area (Å²) < 4.78 is 16.5. The largest absolute Gasteiger partial charge is 0.476 e. The average molecular weight is 367 g/mol. The number of ether oxygens (including phenoxy) is 2. The summed E-state index contributed by atoms with van der Waals surface area (Å²) in [4.78, 5) is 23.1. The monoisotopic (exact) mass is 367 g/mol. The van der Waals surface area contributed by atoms with Gasteiger partial charge in [-0.1, -0.05) is 10.4 Å². The number of methoxy groups -OCH3 is 1. The summed E-state index contributed by atoms with van der Waals surface area (Å²) in [5.74, 6) is -0.730. The number of alkyl carbamates (subject to hydrolysis) is 1. The maximum absolute atomic E-state index is 11.8. The number of aromatic nitrogens is 4. The zero-order chi connectivity index (χ0) is 19.3. The first-order valence-corrected chi connectivity index (χ1v) is 7.75. The van der Waals surface area contributed by atoms with Crippen LogP contribution < -0.4 is 5.32 Å². The molecule has 11 nitrogen and oxygen atoms in total. The molecule has 0 aliphatic rings. The zero-order valence-electron chi connectivity index (χ0n) is 15.0. The van der Waals surface area contributed by atoms with Crippen LogP contribution in [0, 0.1) is 0 Å². The molecule has 1 amide bonds. The Bertz CT molecular complexity index is 776. The lowest BCUT2D eigenvalue weighted by Gasteiger charge is -2.19. The molecule has 11 heteroatoms. The van der Waals surface area contributed by atoms with Crippen LogP contribution in [0.15, 0.2) is 10.6 Å². The Morgan fingerprint density at radius 2 is 2.12 bits per heavy atom. The number of amides is 1. The van der Waals surface area contributed by atoms with E-state index >= 15 is 0 Å². The minimum absolute atomic E-state index is 0.119. The molecule has 142 valence electrons. The molecule has 0 aromatic carbocycles. The SMILES string of the molecule is COCc1cc(Cn2nnc(C(=O)O)c2CNC(=O)OC(C)(C)C)no1. The first-order chi connectivity index (χ1) is 12.2. The summed E-state index contributed by atoms with van der Waals surface area (Å²) in [5.41, 5.74) is -0.213. The van der Waals surface area contributed by atoms with Gasteiger partial charge >= 0.3 is 12.1 Å². The van der Waals surface area contributed by atoms with Crippen LogP contribution in [0.3, 0.4) is 0 Å². The molecule has 0 radical (unpaired) electrons. The van der Waals surface area contributed by atoms with Gasteiger partial charge in [-0.15, -0.1) is 5.10 Å². The number of nitrogens with one attached hydrogen (secondary N) is 1. The molecule has 2 rings (SSSR count). The van der Waals surface area contributed by atoms with Crippen LogP contribution in [-0.2, 0) is 29.2 Å². The number of carbonyl (C=O) groups is 2. The van der Waals surface area contributed by atoms with Gasteiger partial charge in [-0.2, -0.15) is 0 Å². The molecule has 0 fully saturated rings. The number of nitrogens with zero attached hydrogens (tertiary/aromatic N) is 4. The standard InChI is InChI=1S/C15H21N5O6/c1-15(2,3)25-14(23)16-6-11-12(13(21)22)17-19-20(11)7-9-5-10(8-24-4)26-18-9/h5H,6-8H2,1-4H3,(H,16,23)(H,21,22). The summed E-state index contributed by atoms with van der Waals surface area (Å²) in [7, 11) is 1.53. The summed E-state index contributed by atoms with van der Waals surface area (Å²) in [6.45, 7) is 5.44. The van der Waals surface area contributed by atoms with Crippen LogP contribution in [0.5, 0.6) is 0 Å². The fourth-order valence-electron chi connectivity index (χ4n) is 2.06.